The van der Waals surface area contributed by atoms with Gasteiger partial charge in [-0.3, -0.25) is 4.98 Å². The van der Waals surface area contributed by atoms with E-state index in [1.54, 1.807) is 6.07 Å². The van der Waals surface area contributed by atoms with E-state index in [9.17, 15) is 13.2 Å². The molecule has 0 aliphatic carbocycles. The number of rotatable bonds is 6. The van der Waals surface area contributed by atoms with Crippen LogP contribution in [-0.4, -0.2) is 27.7 Å². The average molecular weight is 409 g/mol. The molecule has 0 unspecified atom stereocenters. The Morgan fingerprint density at radius 3 is 2.40 bits per heavy atom. The van der Waals surface area contributed by atoms with E-state index >= 15 is 0 Å². The zero-order valence-corrected chi connectivity index (χ0v) is 15.9. The second kappa shape index (κ2) is 8.49. The van der Waals surface area contributed by atoms with Gasteiger partial charge in [0.1, 0.15) is 12.1 Å². The molecule has 0 atom stereocenters. The number of benzene rings is 2. The summed E-state index contributed by atoms with van der Waals surface area (Å²) in [6.45, 7) is -1.32. The van der Waals surface area contributed by atoms with Gasteiger partial charge in [-0.05, 0) is 47.7 Å². The Hall–Kier alpha value is -3.48. The smallest absolute Gasteiger partial charge is 0.422 e. The molecule has 0 radical (unpaired) electrons. The largest absolute Gasteiger partial charge is 0.483 e. The lowest BCUT2D eigenvalue weighted by Crippen LogP contribution is -2.19. The van der Waals surface area contributed by atoms with Crippen molar-refractivity contribution in [1.29, 1.82) is 0 Å². The first-order valence-corrected chi connectivity index (χ1v) is 9.40. The van der Waals surface area contributed by atoms with Gasteiger partial charge in [-0.2, -0.15) is 13.2 Å². The van der Waals surface area contributed by atoms with Crippen LogP contribution in [0.3, 0.4) is 0 Å². The summed E-state index contributed by atoms with van der Waals surface area (Å²) >= 11 is 0. The van der Waals surface area contributed by atoms with Crippen molar-refractivity contribution in [3.63, 3.8) is 0 Å². The highest BCUT2D eigenvalue weighted by Gasteiger charge is 2.28. The van der Waals surface area contributed by atoms with Crippen LogP contribution in [0.25, 0.3) is 22.0 Å². The lowest BCUT2D eigenvalue weighted by molar-refractivity contribution is -0.153. The van der Waals surface area contributed by atoms with Gasteiger partial charge in [-0.25, -0.2) is 9.97 Å². The van der Waals surface area contributed by atoms with Gasteiger partial charge < -0.3 is 4.74 Å². The van der Waals surface area contributed by atoms with E-state index < -0.39 is 12.8 Å². The third-order valence-electron chi connectivity index (χ3n) is 4.69. The maximum atomic E-state index is 12.2. The van der Waals surface area contributed by atoms with E-state index in [4.69, 9.17) is 0 Å². The summed E-state index contributed by atoms with van der Waals surface area (Å²) in [6.07, 6.45) is 1.78. The van der Waals surface area contributed by atoms with Crippen molar-refractivity contribution in [2.45, 2.75) is 19.0 Å². The fourth-order valence-electron chi connectivity index (χ4n) is 3.19. The number of hydrogen-bond donors (Lipinski definition) is 0. The van der Waals surface area contributed by atoms with E-state index in [0.29, 0.717) is 6.42 Å². The van der Waals surface area contributed by atoms with Crippen molar-refractivity contribution in [1.82, 2.24) is 15.0 Å². The number of aromatic nitrogens is 3. The first kappa shape index (κ1) is 19.8. The fourth-order valence-corrected chi connectivity index (χ4v) is 3.19. The number of fused-ring (bicyclic) bond motifs is 1. The molecule has 152 valence electrons. The van der Waals surface area contributed by atoms with Gasteiger partial charge in [0.25, 0.3) is 0 Å². The first-order valence-electron chi connectivity index (χ1n) is 9.40. The minimum Gasteiger partial charge on any atom is -0.483 e. The molecule has 7 heteroatoms. The van der Waals surface area contributed by atoms with E-state index in [2.05, 4.69) is 44.0 Å². The highest BCUT2D eigenvalue weighted by atomic mass is 19.4. The van der Waals surface area contributed by atoms with Gasteiger partial charge in [0.2, 0.25) is 0 Å². The minimum absolute atomic E-state index is 0.111. The highest BCUT2D eigenvalue weighted by Crippen LogP contribution is 2.27. The summed E-state index contributed by atoms with van der Waals surface area (Å²) in [6, 6.07) is 17.5. The van der Waals surface area contributed by atoms with Gasteiger partial charge in [0.15, 0.2) is 6.61 Å². The minimum atomic E-state index is -4.36. The summed E-state index contributed by atoms with van der Waals surface area (Å²) in [5.41, 5.74) is 5.01. The van der Waals surface area contributed by atoms with Crippen molar-refractivity contribution >= 4 is 10.9 Å². The Bertz CT molecular complexity index is 1120. The third-order valence-corrected chi connectivity index (χ3v) is 4.69. The van der Waals surface area contributed by atoms with Crippen LogP contribution in [0.1, 0.15) is 11.3 Å². The quantitative estimate of drug-likeness (QED) is 0.427. The van der Waals surface area contributed by atoms with E-state index in [1.807, 2.05) is 24.4 Å². The van der Waals surface area contributed by atoms with Gasteiger partial charge in [-0.15, -0.1) is 0 Å². The van der Waals surface area contributed by atoms with Gasteiger partial charge in [0.05, 0.1) is 11.7 Å². The monoisotopic (exact) mass is 409 g/mol. The number of alkyl halides is 3. The Balaban J connectivity index is 1.39. The molecule has 0 fully saturated rings. The van der Waals surface area contributed by atoms with Crippen LogP contribution in [0.5, 0.6) is 5.75 Å². The summed E-state index contributed by atoms with van der Waals surface area (Å²) in [4.78, 5) is 12.6. The van der Waals surface area contributed by atoms with E-state index in [0.717, 1.165) is 39.7 Å². The molecule has 0 saturated carbocycles. The van der Waals surface area contributed by atoms with Crippen LogP contribution in [0.4, 0.5) is 13.2 Å². The molecule has 30 heavy (non-hydrogen) atoms. The van der Waals surface area contributed by atoms with Gasteiger partial charge in [-0.1, -0.05) is 36.4 Å². The normalized spacial score (nSPS) is 11.6. The Morgan fingerprint density at radius 2 is 1.67 bits per heavy atom. The fraction of sp³-hybridized carbons (Fsp3) is 0.174. The number of nitrogens with zero attached hydrogens (tertiary/aromatic N) is 3. The van der Waals surface area contributed by atoms with Crippen LogP contribution in [0, 0.1) is 0 Å². The maximum Gasteiger partial charge on any atom is 0.422 e. The molecule has 4 rings (SSSR count). The summed E-state index contributed by atoms with van der Waals surface area (Å²) < 4.78 is 41.3. The molecular weight excluding hydrogens is 391 g/mol. The van der Waals surface area contributed by atoms with Crippen molar-refractivity contribution < 1.29 is 17.9 Å². The van der Waals surface area contributed by atoms with Crippen molar-refractivity contribution in [3.8, 4) is 16.9 Å². The summed E-state index contributed by atoms with van der Waals surface area (Å²) in [5.74, 6) is 0.111. The molecule has 0 saturated heterocycles. The topological polar surface area (TPSA) is 47.9 Å². The predicted octanol–water partition coefficient (Wildman–Crippen LogP) is 5.42. The first-order chi connectivity index (χ1) is 14.5. The second-order valence-electron chi connectivity index (χ2n) is 6.85. The zero-order valence-electron chi connectivity index (χ0n) is 15.9. The number of pyridine rings is 1. The number of hydrogen-bond acceptors (Lipinski definition) is 4. The molecule has 4 aromatic rings. The highest BCUT2D eigenvalue weighted by molar-refractivity contribution is 5.93. The second-order valence-corrected chi connectivity index (χ2v) is 6.85. The molecule has 0 aliphatic heterocycles. The molecule has 0 aliphatic rings. The van der Waals surface area contributed by atoms with Crippen molar-refractivity contribution in [2.24, 2.45) is 0 Å². The van der Waals surface area contributed by atoms with Crippen LogP contribution in [0.15, 0.2) is 73.3 Å². The maximum absolute atomic E-state index is 12.2. The molecule has 2 aromatic heterocycles. The Kier molecular flexibility index (Phi) is 5.61. The van der Waals surface area contributed by atoms with E-state index in [1.165, 1.54) is 18.6 Å². The average Bonchev–Trinajstić information content (AvgIpc) is 2.76. The summed E-state index contributed by atoms with van der Waals surface area (Å²) in [7, 11) is 0. The third kappa shape index (κ3) is 4.92. The lowest BCUT2D eigenvalue weighted by Gasteiger charge is -2.09. The SMILES string of the molecule is FC(F)(F)COc1ccc(CCc2ccc(-c3cccc4ncncc34)cc2)nc1. The molecule has 2 heterocycles. The van der Waals surface area contributed by atoms with Crippen LogP contribution in [-0.2, 0) is 12.8 Å². The predicted molar refractivity (Wildman–Crippen MR) is 108 cm³/mol. The Morgan fingerprint density at radius 1 is 0.833 bits per heavy atom. The number of halogens is 3. The van der Waals surface area contributed by atoms with Gasteiger partial charge >= 0.3 is 6.18 Å². The summed E-state index contributed by atoms with van der Waals surface area (Å²) in [5, 5.41) is 1.00. The zero-order chi connectivity index (χ0) is 21.0. The van der Waals surface area contributed by atoms with Crippen LogP contribution >= 0.6 is 0 Å². The molecule has 0 bridgehead atoms. The lowest BCUT2D eigenvalue weighted by atomic mass is 9.99. The molecular formula is C23H18F3N3O. The van der Waals surface area contributed by atoms with Crippen molar-refractivity contribution in [2.75, 3.05) is 6.61 Å². The number of ether oxygens (including phenoxy) is 1. The molecule has 0 amide bonds. The molecule has 4 nitrogen and oxygen atoms in total. The number of aryl methyl sites for hydroxylation is 2. The van der Waals surface area contributed by atoms with E-state index in [-0.39, 0.29) is 5.75 Å². The standard InChI is InChI=1S/C23H18F3N3O/c24-23(25,26)14-30-19-11-10-18(28-12-19)9-6-16-4-7-17(8-5-16)20-2-1-3-22-21(20)13-27-15-29-22/h1-5,7-8,10-13,15H,6,9,14H2. The molecule has 0 N–H and O–H groups in total. The van der Waals surface area contributed by atoms with Gasteiger partial charge in [0, 0.05) is 17.3 Å². The Labute approximate surface area is 171 Å². The van der Waals surface area contributed by atoms with Crippen LogP contribution < -0.4 is 4.74 Å². The van der Waals surface area contributed by atoms with Crippen LogP contribution in [0.2, 0.25) is 0 Å². The molecule has 2 aromatic carbocycles. The molecule has 0 spiro atoms. The van der Waals surface area contributed by atoms with Crippen molar-refractivity contribution in [3.05, 3.63) is 84.6 Å².